The van der Waals surface area contributed by atoms with E-state index in [9.17, 15) is 10.1 Å². The average Bonchev–Trinajstić information content (AvgIpc) is 3.47. The van der Waals surface area contributed by atoms with E-state index in [1.165, 1.54) is 12.1 Å². The van der Waals surface area contributed by atoms with Gasteiger partial charge in [-0.05, 0) is 36.8 Å². The molecule has 9 nitrogen and oxygen atoms in total. The molecule has 6 rings (SSSR count). The number of carbonyl (C=O) groups is 1. The van der Waals surface area contributed by atoms with Gasteiger partial charge < -0.3 is 15.0 Å². The van der Waals surface area contributed by atoms with Crippen molar-refractivity contribution in [2.24, 2.45) is 0 Å². The van der Waals surface area contributed by atoms with E-state index in [1.54, 1.807) is 78.2 Å². The quantitative estimate of drug-likeness (QED) is 0.275. The lowest BCUT2D eigenvalue weighted by Crippen LogP contribution is -2.61. The Labute approximate surface area is 255 Å². The maximum Gasteiger partial charge on any atom is 0.425 e. The molecule has 2 fully saturated rings. The number of hydrogen-bond acceptors (Lipinski definition) is 7. The van der Waals surface area contributed by atoms with Crippen LogP contribution in [0.1, 0.15) is 17.0 Å². The van der Waals surface area contributed by atoms with Gasteiger partial charge in [-0.25, -0.2) is 4.79 Å². The van der Waals surface area contributed by atoms with Crippen molar-refractivity contribution in [3.63, 3.8) is 0 Å². The zero-order valence-electron chi connectivity index (χ0n) is 23.5. The first-order valence-electron chi connectivity index (χ1n) is 13.7. The normalized spacial score (nSPS) is 20.2. The van der Waals surface area contributed by atoms with E-state index in [2.05, 4.69) is 21.6 Å². The second-order valence-corrected chi connectivity index (χ2v) is 11.3. The van der Waals surface area contributed by atoms with Gasteiger partial charge in [-0.1, -0.05) is 78.0 Å². The molecule has 2 aliphatic heterocycles. The summed E-state index contributed by atoms with van der Waals surface area (Å²) < 4.78 is 52.8. The SMILES string of the molecule is Cc1ccc(C2(C(F)(F)F)NC(=O)N(c3ccccc3)C(=C(C#N)c3nnc(N4CCOCC4)n3-c3ccccc3)S2)cc1. The van der Waals surface area contributed by atoms with Crippen LogP contribution in [0.5, 0.6) is 0 Å². The summed E-state index contributed by atoms with van der Waals surface area (Å²) in [6.45, 7) is 3.66. The van der Waals surface area contributed by atoms with Crippen molar-refractivity contribution in [1.82, 2.24) is 20.1 Å². The third-order valence-corrected chi connectivity index (χ3v) is 8.77. The number of thioether (sulfide) groups is 1. The maximum atomic E-state index is 15.2. The number of halogens is 3. The highest BCUT2D eigenvalue weighted by molar-refractivity contribution is 8.04. The number of alkyl halides is 3. The molecular weight excluding hydrogens is 591 g/mol. The highest BCUT2D eigenvalue weighted by Gasteiger charge is 2.62. The predicted molar refractivity (Wildman–Crippen MR) is 161 cm³/mol. The highest BCUT2D eigenvalue weighted by atomic mass is 32.2. The number of morpholine rings is 1. The van der Waals surface area contributed by atoms with Crippen LogP contribution in [0.25, 0.3) is 11.3 Å². The Morgan fingerprint density at radius 3 is 2.16 bits per heavy atom. The van der Waals surface area contributed by atoms with Crippen LogP contribution in [0.4, 0.5) is 29.6 Å². The zero-order valence-corrected chi connectivity index (χ0v) is 24.3. The van der Waals surface area contributed by atoms with Gasteiger partial charge in [-0.15, -0.1) is 10.2 Å². The van der Waals surface area contributed by atoms with E-state index in [0.717, 1.165) is 10.5 Å². The second kappa shape index (κ2) is 11.7. The summed E-state index contributed by atoms with van der Waals surface area (Å²) in [6, 6.07) is 24.0. The monoisotopic (exact) mass is 617 g/mol. The lowest BCUT2D eigenvalue weighted by atomic mass is 10.0. The summed E-state index contributed by atoms with van der Waals surface area (Å²) in [4.78, 5) is 14.0. The van der Waals surface area contributed by atoms with E-state index < -0.39 is 17.1 Å². The molecule has 3 aromatic carbocycles. The number of urea groups is 1. The van der Waals surface area contributed by atoms with Gasteiger partial charge in [0.05, 0.1) is 24.6 Å². The number of nitrogens with zero attached hydrogens (tertiary/aromatic N) is 6. The first-order chi connectivity index (χ1) is 21.2. The zero-order chi connectivity index (χ0) is 30.9. The first-order valence-corrected chi connectivity index (χ1v) is 14.5. The molecule has 2 saturated heterocycles. The number of nitrogens with one attached hydrogen (secondary N) is 1. The number of allylic oxidation sites excluding steroid dienone is 1. The van der Waals surface area contributed by atoms with Gasteiger partial charge in [0.25, 0.3) is 0 Å². The molecule has 0 saturated carbocycles. The van der Waals surface area contributed by atoms with Crippen LogP contribution in [-0.2, 0) is 9.61 Å². The number of benzene rings is 3. The molecule has 224 valence electrons. The molecule has 1 N–H and O–H groups in total. The second-order valence-electron chi connectivity index (χ2n) is 10.1. The van der Waals surface area contributed by atoms with Gasteiger partial charge in [-0.2, -0.15) is 18.4 Å². The fourth-order valence-electron chi connectivity index (χ4n) is 5.12. The van der Waals surface area contributed by atoms with Gasteiger partial charge in [0.2, 0.25) is 10.8 Å². The molecule has 0 radical (unpaired) electrons. The number of aryl methyl sites for hydroxylation is 1. The smallest absolute Gasteiger partial charge is 0.378 e. The van der Waals surface area contributed by atoms with Crippen molar-refractivity contribution >= 4 is 35.0 Å². The Kier molecular flexibility index (Phi) is 7.79. The lowest BCUT2D eigenvalue weighted by Gasteiger charge is -2.44. The molecule has 3 heterocycles. The van der Waals surface area contributed by atoms with E-state index in [0.29, 0.717) is 49.7 Å². The van der Waals surface area contributed by atoms with Gasteiger partial charge in [0, 0.05) is 13.1 Å². The number of anilines is 2. The van der Waals surface area contributed by atoms with Crippen molar-refractivity contribution in [3.05, 3.63) is 107 Å². The Bertz CT molecular complexity index is 1730. The van der Waals surface area contributed by atoms with E-state index >= 15 is 13.2 Å². The number of amides is 2. The molecule has 13 heteroatoms. The summed E-state index contributed by atoms with van der Waals surface area (Å²) in [5.41, 5.74) is 1.20. The van der Waals surface area contributed by atoms with Crippen LogP contribution in [0, 0.1) is 18.3 Å². The molecule has 1 unspecified atom stereocenters. The topological polar surface area (TPSA) is 99.3 Å². The average molecular weight is 618 g/mol. The maximum absolute atomic E-state index is 15.2. The Morgan fingerprint density at radius 1 is 0.955 bits per heavy atom. The standard InChI is InChI=1S/C31H26F3N7O2S/c1-21-12-14-22(15-13-21)30(31(32,33)34)36-29(42)41(24-10-6-3-7-11-24)27(44-30)25(20-35)26-37-38-28(39-16-18-43-19-17-39)40(26)23-8-4-2-5-9-23/h2-15H,16-19H2,1H3,(H,36,42). The summed E-state index contributed by atoms with van der Waals surface area (Å²) in [5.74, 6) is 0.401. The Balaban J connectivity index is 1.63. The third kappa shape index (κ3) is 5.16. The minimum atomic E-state index is -4.96. The highest BCUT2D eigenvalue weighted by Crippen LogP contribution is 2.55. The van der Waals surface area contributed by atoms with Crippen LogP contribution in [-0.4, -0.2) is 53.3 Å². The van der Waals surface area contributed by atoms with Gasteiger partial charge in [-0.3, -0.25) is 9.47 Å². The fraction of sp³-hybridized carbons (Fsp3) is 0.226. The van der Waals surface area contributed by atoms with Crippen LogP contribution in [0.3, 0.4) is 0 Å². The van der Waals surface area contributed by atoms with Crippen LogP contribution in [0.15, 0.2) is 90.0 Å². The molecule has 1 atom stereocenters. The summed E-state index contributed by atoms with van der Waals surface area (Å²) in [6.07, 6.45) is -4.96. The van der Waals surface area contributed by atoms with E-state index in [1.807, 2.05) is 11.0 Å². The third-order valence-electron chi connectivity index (χ3n) is 7.31. The molecule has 2 amide bonds. The van der Waals surface area contributed by atoms with E-state index in [-0.39, 0.29) is 27.7 Å². The number of rotatable bonds is 5. The Hall–Kier alpha value is -4.80. The number of hydrogen-bond donors (Lipinski definition) is 1. The minimum absolute atomic E-state index is 0.00157. The van der Waals surface area contributed by atoms with E-state index in [4.69, 9.17) is 4.74 Å². The molecule has 44 heavy (non-hydrogen) atoms. The van der Waals surface area contributed by atoms with Crippen molar-refractivity contribution in [3.8, 4) is 11.8 Å². The number of ether oxygens (including phenoxy) is 1. The predicted octanol–water partition coefficient (Wildman–Crippen LogP) is 5.98. The molecule has 4 aromatic rings. The van der Waals surface area contributed by atoms with Crippen molar-refractivity contribution in [2.75, 3.05) is 36.1 Å². The minimum Gasteiger partial charge on any atom is -0.378 e. The summed E-state index contributed by atoms with van der Waals surface area (Å²) in [7, 11) is 0. The lowest BCUT2D eigenvalue weighted by molar-refractivity contribution is -0.167. The number of nitriles is 1. The molecule has 0 spiro atoms. The Morgan fingerprint density at radius 2 is 1.57 bits per heavy atom. The molecule has 0 aliphatic carbocycles. The molecule has 2 aliphatic rings. The van der Waals surface area contributed by atoms with Gasteiger partial charge in [0.15, 0.2) is 5.82 Å². The summed E-state index contributed by atoms with van der Waals surface area (Å²) >= 11 is 0.339. The van der Waals surface area contributed by atoms with Gasteiger partial charge >= 0.3 is 12.2 Å². The number of aromatic nitrogens is 3. The van der Waals surface area contributed by atoms with Crippen molar-refractivity contribution in [2.45, 2.75) is 18.0 Å². The van der Waals surface area contributed by atoms with Crippen molar-refractivity contribution < 1.29 is 22.7 Å². The largest absolute Gasteiger partial charge is 0.425 e. The van der Waals surface area contributed by atoms with Crippen LogP contribution < -0.4 is 15.1 Å². The summed E-state index contributed by atoms with van der Waals surface area (Å²) in [5, 5.41) is 21.4. The fourth-order valence-corrected chi connectivity index (χ4v) is 6.43. The molecule has 0 bridgehead atoms. The van der Waals surface area contributed by atoms with Crippen molar-refractivity contribution in [1.29, 1.82) is 5.26 Å². The molecule has 1 aromatic heterocycles. The molecular formula is C31H26F3N7O2S. The van der Waals surface area contributed by atoms with Crippen LogP contribution >= 0.6 is 11.8 Å². The first kappa shape index (κ1) is 29.3. The number of para-hydroxylation sites is 2. The number of carbonyl (C=O) groups excluding carboxylic acids is 1. The van der Waals surface area contributed by atoms with Crippen LogP contribution in [0.2, 0.25) is 0 Å². The van der Waals surface area contributed by atoms with Gasteiger partial charge in [0.1, 0.15) is 16.7 Å².